The van der Waals surface area contributed by atoms with Gasteiger partial charge in [0.15, 0.2) is 11.5 Å². The number of piperidine rings is 1. The first-order chi connectivity index (χ1) is 20.1. The van der Waals surface area contributed by atoms with E-state index in [9.17, 15) is 13.6 Å². The second-order valence-electron chi connectivity index (χ2n) is 11.2. The Morgan fingerprint density at radius 2 is 1.98 bits per heavy atom. The van der Waals surface area contributed by atoms with Crippen LogP contribution in [-0.4, -0.2) is 51.3 Å². The monoisotopic (exact) mass is 599 g/mol. The van der Waals surface area contributed by atoms with Gasteiger partial charge >= 0.3 is 5.97 Å². The highest BCUT2D eigenvalue weighted by Crippen LogP contribution is 2.49. The average Bonchev–Trinajstić information content (AvgIpc) is 3.42. The zero-order valence-corrected chi connectivity index (χ0v) is 24.2. The van der Waals surface area contributed by atoms with Gasteiger partial charge in [-0.1, -0.05) is 23.7 Å². The molecule has 0 aliphatic carbocycles. The molecule has 42 heavy (non-hydrogen) atoms. The summed E-state index contributed by atoms with van der Waals surface area (Å²) in [5.41, 5.74) is 2.33. The molecular weight excluding hydrogens is 568 g/mol. The number of fused-ring (bicyclic) bond motifs is 1. The van der Waals surface area contributed by atoms with Gasteiger partial charge in [0.05, 0.1) is 36.1 Å². The van der Waals surface area contributed by atoms with Gasteiger partial charge in [0.2, 0.25) is 5.83 Å². The fraction of sp³-hybridized carbons (Fsp3) is 0.419. The van der Waals surface area contributed by atoms with Crippen LogP contribution in [0.4, 0.5) is 8.78 Å². The quantitative estimate of drug-likeness (QED) is 0.309. The molecule has 3 aliphatic heterocycles. The molecule has 0 bridgehead atoms. The van der Waals surface area contributed by atoms with Gasteiger partial charge in [0.25, 0.3) is 5.79 Å². The van der Waals surface area contributed by atoms with Crippen LogP contribution in [0.15, 0.2) is 42.2 Å². The number of imidazole rings is 1. The number of ether oxygens (including phenoxy) is 3. The Morgan fingerprint density at radius 1 is 1.21 bits per heavy atom. The van der Waals surface area contributed by atoms with Crippen molar-refractivity contribution in [1.29, 1.82) is 0 Å². The number of aliphatic carboxylic acids is 1. The molecule has 0 saturated carbocycles. The van der Waals surface area contributed by atoms with Crippen molar-refractivity contribution in [3.8, 4) is 11.5 Å². The van der Waals surface area contributed by atoms with Gasteiger partial charge < -0.3 is 23.9 Å². The molecule has 0 spiro atoms. The second kappa shape index (κ2) is 11.3. The standard InChI is InChI=1S/C31H32ClF2N3O5/c1-18-26(15-25(34)30(38)39)37(16-21-10-13-40-21)28(35-18)17-36-11-8-19(9-12-36)22-4-3-5-27-29(22)42-31(2,41-27)23-7-6-20(32)14-24(23)33/h3-7,14-15,19,21H,8-13,16-17H2,1-2H3,(H,38,39)/b25-15-/t21-,31-/m0/s1. The summed E-state index contributed by atoms with van der Waals surface area (Å²) in [6.45, 7) is 6.76. The number of likely N-dealkylation sites (tertiary alicyclic amines) is 1. The van der Waals surface area contributed by atoms with Crippen molar-refractivity contribution in [1.82, 2.24) is 14.5 Å². The number of benzene rings is 2. The van der Waals surface area contributed by atoms with Crippen LogP contribution in [0.1, 0.15) is 60.4 Å². The van der Waals surface area contributed by atoms with Gasteiger partial charge in [0.1, 0.15) is 11.6 Å². The summed E-state index contributed by atoms with van der Waals surface area (Å²) >= 11 is 5.95. The van der Waals surface area contributed by atoms with E-state index in [4.69, 9.17) is 35.9 Å². The molecule has 2 atom stereocenters. The molecule has 2 saturated heterocycles. The number of hydrogen-bond donors (Lipinski definition) is 1. The van der Waals surface area contributed by atoms with E-state index in [-0.39, 0.29) is 17.6 Å². The number of hydrogen-bond acceptors (Lipinski definition) is 6. The first-order valence-electron chi connectivity index (χ1n) is 14.1. The molecule has 8 nitrogen and oxygen atoms in total. The molecule has 1 aromatic heterocycles. The third-order valence-corrected chi connectivity index (χ3v) is 8.58. The van der Waals surface area contributed by atoms with Crippen LogP contribution >= 0.6 is 11.6 Å². The molecule has 3 aliphatic rings. The van der Waals surface area contributed by atoms with E-state index in [1.54, 1.807) is 26.0 Å². The Balaban J connectivity index is 1.17. The van der Waals surface area contributed by atoms with Crippen LogP contribution in [0, 0.1) is 12.7 Å². The minimum Gasteiger partial charge on any atom is -0.476 e. The number of carboxylic acid groups (broad SMARTS) is 1. The van der Waals surface area contributed by atoms with Crippen LogP contribution in [0.2, 0.25) is 5.02 Å². The van der Waals surface area contributed by atoms with Gasteiger partial charge in [-0.15, -0.1) is 0 Å². The summed E-state index contributed by atoms with van der Waals surface area (Å²) in [5.74, 6) is -2.44. The summed E-state index contributed by atoms with van der Waals surface area (Å²) in [6.07, 6.45) is 3.65. The van der Waals surface area contributed by atoms with Crippen molar-refractivity contribution in [3.63, 3.8) is 0 Å². The van der Waals surface area contributed by atoms with Gasteiger partial charge in [-0.2, -0.15) is 4.39 Å². The van der Waals surface area contributed by atoms with Crippen molar-refractivity contribution in [2.24, 2.45) is 0 Å². The predicted octanol–water partition coefficient (Wildman–Crippen LogP) is 6.19. The molecule has 4 heterocycles. The molecule has 2 aromatic carbocycles. The molecule has 3 aromatic rings. The lowest BCUT2D eigenvalue weighted by Gasteiger charge is -2.33. The van der Waals surface area contributed by atoms with Crippen molar-refractivity contribution >= 4 is 23.6 Å². The van der Waals surface area contributed by atoms with Crippen molar-refractivity contribution in [3.05, 3.63) is 81.4 Å². The summed E-state index contributed by atoms with van der Waals surface area (Å²) in [7, 11) is 0. The smallest absolute Gasteiger partial charge is 0.364 e. The fourth-order valence-electron chi connectivity index (χ4n) is 6.01. The Labute approximate surface area is 247 Å². The Hall–Kier alpha value is -3.47. The zero-order chi connectivity index (χ0) is 29.6. The molecule has 0 amide bonds. The molecule has 11 heteroatoms. The van der Waals surface area contributed by atoms with E-state index in [0.717, 1.165) is 49.8 Å². The third kappa shape index (κ3) is 5.50. The highest BCUT2D eigenvalue weighted by molar-refractivity contribution is 6.30. The molecule has 2 fully saturated rings. The van der Waals surface area contributed by atoms with E-state index in [2.05, 4.69) is 4.90 Å². The van der Waals surface area contributed by atoms with Crippen LogP contribution < -0.4 is 9.47 Å². The normalized spacial score (nSPS) is 22.8. The number of nitrogens with zero attached hydrogens (tertiary/aromatic N) is 3. The maximum Gasteiger partial charge on any atom is 0.364 e. The van der Waals surface area contributed by atoms with Crippen LogP contribution in [-0.2, 0) is 28.4 Å². The molecule has 0 unspecified atom stereocenters. The van der Waals surface area contributed by atoms with Gasteiger partial charge in [-0.3, -0.25) is 4.90 Å². The molecule has 222 valence electrons. The van der Waals surface area contributed by atoms with Crippen molar-refractivity contribution in [2.45, 2.75) is 64.0 Å². The summed E-state index contributed by atoms with van der Waals surface area (Å²) in [4.78, 5) is 18.1. The highest BCUT2D eigenvalue weighted by Gasteiger charge is 2.43. The van der Waals surface area contributed by atoms with E-state index in [1.165, 1.54) is 6.07 Å². The number of rotatable bonds is 8. The van der Waals surface area contributed by atoms with E-state index >= 15 is 0 Å². The average molecular weight is 600 g/mol. The number of halogens is 3. The highest BCUT2D eigenvalue weighted by atomic mass is 35.5. The summed E-state index contributed by atoms with van der Waals surface area (Å²) < 4.78 is 48.8. The second-order valence-corrected chi connectivity index (χ2v) is 11.6. The van der Waals surface area contributed by atoms with Crippen molar-refractivity contribution < 1.29 is 32.9 Å². The van der Waals surface area contributed by atoms with Crippen LogP contribution in [0.25, 0.3) is 6.08 Å². The van der Waals surface area contributed by atoms with E-state index in [1.807, 2.05) is 22.8 Å². The number of aromatic nitrogens is 2. The zero-order valence-electron chi connectivity index (χ0n) is 23.4. The SMILES string of the molecule is Cc1nc(CN2CCC(c3cccc4c3O[C@@](C)(c3ccc(Cl)cc3F)O4)CC2)n(C[C@@H]2CCO2)c1/C=C(\F)C(=O)O. The van der Waals surface area contributed by atoms with Gasteiger partial charge in [-0.05, 0) is 69.5 Å². The maximum atomic E-state index is 14.8. The number of aryl methyl sites for hydroxylation is 1. The minimum absolute atomic E-state index is 0.00227. The van der Waals surface area contributed by atoms with Crippen molar-refractivity contribution in [2.75, 3.05) is 19.7 Å². The van der Waals surface area contributed by atoms with Crippen LogP contribution in [0.5, 0.6) is 11.5 Å². The third-order valence-electron chi connectivity index (χ3n) is 8.34. The lowest BCUT2D eigenvalue weighted by Crippen LogP contribution is -2.35. The van der Waals surface area contributed by atoms with E-state index in [0.29, 0.717) is 47.6 Å². The summed E-state index contributed by atoms with van der Waals surface area (Å²) in [6, 6.07) is 10.3. The summed E-state index contributed by atoms with van der Waals surface area (Å²) in [5, 5.41) is 9.38. The Bertz CT molecular complexity index is 1550. The Kier molecular flexibility index (Phi) is 7.72. The Morgan fingerprint density at radius 3 is 2.64 bits per heavy atom. The molecule has 1 N–H and O–H groups in total. The van der Waals surface area contributed by atoms with Crippen LogP contribution in [0.3, 0.4) is 0 Å². The minimum atomic E-state index is -1.61. The maximum absolute atomic E-state index is 14.8. The number of carbonyl (C=O) groups is 1. The molecule has 6 rings (SSSR count). The van der Waals surface area contributed by atoms with Gasteiger partial charge in [-0.25, -0.2) is 14.2 Å². The molecular formula is C31H32ClF2N3O5. The number of carboxylic acids is 1. The predicted molar refractivity (Wildman–Crippen MR) is 152 cm³/mol. The topological polar surface area (TPSA) is 86.0 Å². The molecule has 0 radical (unpaired) electrons. The number of para-hydroxylation sites is 1. The van der Waals surface area contributed by atoms with E-state index < -0.39 is 23.4 Å². The largest absolute Gasteiger partial charge is 0.476 e. The van der Waals surface area contributed by atoms with Gasteiger partial charge in [0, 0.05) is 30.2 Å². The fourth-order valence-corrected chi connectivity index (χ4v) is 6.16. The lowest BCUT2D eigenvalue weighted by atomic mass is 9.88. The lowest BCUT2D eigenvalue weighted by molar-refractivity contribution is -0.134. The first-order valence-corrected chi connectivity index (χ1v) is 14.5. The first kappa shape index (κ1) is 28.6.